The number of hydroxylamine groups is 1. The third-order valence-corrected chi connectivity index (χ3v) is 5.21. The van der Waals surface area contributed by atoms with Gasteiger partial charge in [-0.1, -0.05) is 0 Å². The van der Waals surface area contributed by atoms with E-state index in [1.807, 2.05) is 12.1 Å². The highest BCUT2D eigenvalue weighted by molar-refractivity contribution is 6.28. The molecule has 164 valence electrons. The lowest BCUT2D eigenvalue weighted by molar-refractivity contribution is -0.132. The van der Waals surface area contributed by atoms with Crippen LogP contribution in [0.3, 0.4) is 0 Å². The second-order valence-corrected chi connectivity index (χ2v) is 7.54. The van der Waals surface area contributed by atoms with Crippen LogP contribution in [0.2, 0.25) is 5.22 Å². The van der Waals surface area contributed by atoms with Crippen molar-refractivity contribution in [1.82, 2.24) is 4.90 Å². The molecule has 3 heterocycles. The Bertz CT molecular complexity index is 954. The normalized spacial score (nSPS) is 21.6. The van der Waals surface area contributed by atoms with E-state index in [1.54, 1.807) is 29.3 Å². The van der Waals surface area contributed by atoms with Crippen molar-refractivity contribution in [3.8, 4) is 0 Å². The maximum Gasteiger partial charge on any atom is 0.247 e. The van der Waals surface area contributed by atoms with Crippen LogP contribution in [-0.2, 0) is 19.2 Å². The van der Waals surface area contributed by atoms with Gasteiger partial charge in [0.1, 0.15) is 11.8 Å². The summed E-state index contributed by atoms with van der Waals surface area (Å²) in [5.41, 5.74) is 1.43. The molecule has 0 radical (unpaired) electrons. The fourth-order valence-electron chi connectivity index (χ4n) is 3.48. The Morgan fingerprint density at radius 3 is 2.68 bits per heavy atom. The fraction of sp³-hybridized carbons (Fsp3) is 0.333. The van der Waals surface area contributed by atoms with E-state index in [0.717, 1.165) is 5.69 Å². The minimum absolute atomic E-state index is 0.0769. The van der Waals surface area contributed by atoms with Crippen molar-refractivity contribution in [3.05, 3.63) is 53.5 Å². The first-order chi connectivity index (χ1) is 15.0. The number of halogens is 1. The maximum absolute atomic E-state index is 12.8. The van der Waals surface area contributed by atoms with Crippen LogP contribution in [0, 0.1) is 0 Å². The second kappa shape index (κ2) is 9.52. The molecule has 10 heteroatoms. The van der Waals surface area contributed by atoms with Crippen molar-refractivity contribution >= 4 is 40.9 Å². The number of ether oxygens (including phenoxy) is 1. The van der Waals surface area contributed by atoms with Gasteiger partial charge < -0.3 is 24.5 Å². The number of furan rings is 1. The molecule has 2 aliphatic rings. The highest BCUT2D eigenvalue weighted by Crippen LogP contribution is 2.23. The Kier molecular flexibility index (Phi) is 6.57. The van der Waals surface area contributed by atoms with Crippen LogP contribution in [0.5, 0.6) is 0 Å². The van der Waals surface area contributed by atoms with E-state index in [1.165, 1.54) is 17.1 Å². The van der Waals surface area contributed by atoms with E-state index in [4.69, 9.17) is 25.6 Å². The van der Waals surface area contributed by atoms with E-state index < -0.39 is 18.1 Å². The lowest BCUT2D eigenvalue weighted by atomic mass is 10.1. The number of hydrogen-bond acceptors (Lipinski definition) is 7. The first-order valence-corrected chi connectivity index (χ1v) is 10.2. The number of rotatable bonds is 5. The van der Waals surface area contributed by atoms with Crippen LogP contribution in [0.4, 0.5) is 11.4 Å². The minimum atomic E-state index is -0.783. The molecule has 2 amide bonds. The molecule has 2 aliphatic heterocycles. The van der Waals surface area contributed by atoms with E-state index in [2.05, 4.69) is 5.32 Å². The van der Waals surface area contributed by atoms with E-state index in [-0.39, 0.29) is 30.9 Å². The van der Waals surface area contributed by atoms with Crippen molar-refractivity contribution < 1.29 is 28.7 Å². The first kappa shape index (κ1) is 21.4. The van der Waals surface area contributed by atoms with Gasteiger partial charge >= 0.3 is 0 Å². The Morgan fingerprint density at radius 1 is 1.19 bits per heavy atom. The summed E-state index contributed by atoms with van der Waals surface area (Å²) in [6, 6.07) is 9.57. The molecule has 0 aliphatic carbocycles. The lowest BCUT2D eigenvalue weighted by Gasteiger charge is -2.27. The van der Waals surface area contributed by atoms with Crippen LogP contribution in [0.15, 0.2) is 46.9 Å². The van der Waals surface area contributed by atoms with Gasteiger partial charge in [0.15, 0.2) is 12.0 Å². The Hall–Kier alpha value is -2.85. The monoisotopic (exact) mass is 447 g/mol. The molecule has 0 unspecified atom stereocenters. The quantitative estimate of drug-likeness (QED) is 0.677. The average molecular weight is 448 g/mol. The molecule has 4 rings (SSSR count). The number of nitrogens with one attached hydrogen (secondary N) is 1. The topological polar surface area (TPSA) is 104 Å². The minimum Gasteiger partial charge on any atom is -0.445 e. The van der Waals surface area contributed by atoms with Gasteiger partial charge in [0.05, 0.1) is 24.9 Å². The number of β-amino-alcohol motifs (C(OH)–C–C–N with tert-alkyl or cyclic N) is 1. The van der Waals surface area contributed by atoms with Crippen LogP contribution >= 0.6 is 11.6 Å². The molecule has 0 spiro atoms. The summed E-state index contributed by atoms with van der Waals surface area (Å²) in [6.07, 6.45) is 2.16. The summed E-state index contributed by atoms with van der Waals surface area (Å²) in [6.45, 7) is 1.47. The number of anilines is 2. The zero-order valence-electron chi connectivity index (χ0n) is 16.6. The number of carbonyl (C=O) groups is 2. The molecular weight excluding hydrogens is 426 g/mol. The number of aliphatic hydroxyl groups excluding tert-OH is 1. The molecule has 2 saturated heterocycles. The molecule has 1 aromatic carbocycles. The predicted molar refractivity (Wildman–Crippen MR) is 113 cm³/mol. The van der Waals surface area contributed by atoms with E-state index in [9.17, 15) is 14.7 Å². The molecule has 2 aromatic rings. The van der Waals surface area contributed by atoms with Crippen LogP contribution < -0.4 is 10.4 Å². The highest BCUT2D eigenvalue weighted by atomic mass is 35.5. The predicted octanol–water partition coefficient (Wildman–Crippen LogP) is 2.27. The van der Waals surface area contributed by atoms with Gasteiger partial charge in [0.2, 0.25) is 11.8 Å². The zero-order chi connectivity index (χ0) is 21.8. The summed E-state index contributed by atoms with van der Waals surface area (Å²) in [7, 11) is 0. The molecule has 31 heavy (non-hydrogen) atoms. The number of benzene rings is 1. The van der Waals surface area contributed by atoms with Gasteiger partial charge in [-0.05, 0) is 54.1 Å². The molecule has 2 N–H and O–H groups in total. The number of carbonyl (C=O) groups excluding carboxylic acids is 2. The van der Waals surface area contributed by atoms with Crippen molar-refractivity contribution in [3.63, 3.8) is 0 Å². The molecule has 2 fully saturated rings. The summed E-state index contributed by atoms with van der Waals surface area (Å²) in [4.78, 5) is 32.2. The Morgan fingerprint density at radius 2 is 2.00 bits per heavy atom. The third kappa shape index (κ3) is 5.26. The summed E-state index contributed by atoms with van der Waals surface area (Å²) in [5.74, 6) is -0.345. The number of nitrogens with zero attached hydrogens (tertiary/aromatic N) is 2. The van der Waals surface area contributed by atoms with Gasteiger partial charge in [-0.15, -0.1) is 0 Å². The number of aliphatic hydroxyl groups is 1. The average Bonchev–Trinajstić information content (AvgIpc) is 3.38. The zero-order valence-corrected chi connectivity index (χ0v) is 17.3. The van der Waals surface area contributed by atoms with Crippen molar-refractivity contribution in [2.24, 2.45) is 0 Å². The van der Waals surface area contributed by atoms with Gasteiger partial charge in [-0.25, -0.2) is 9.90 Å². The maximum atomic E-state index is 12.8. The van der Waals surface area contributed by atoms with Gasteiger partial charge in [-0.2, -0.15) is 0 Å². The van der Waals surface area contributed by atoms with Crippen molar-refractivity contribution in [2.75, 3.05) is 36.9 Å². The Balaban J connectivity index is 1.39. The van der Waals surface area contributed by atoms with E-state index in [0.29, 0.717) is 24.6 Å². The van der Waals surface area contributed by atoms with Crippen LogP contribution in [-0.4, -0.2) is 60.5 Å². The van der Waals surface area contributed by atoms with Gasteiger partial charge in [-0.3, -0.25) is 9.59 Å². The van der Waals surface area contributed by atoms with Gasteiger partial charge in [0.25, 0.3) is 0 Å². The largest absolute Gasteiger partial charge is 0.445 e. The number of hydrogen-bond donors (Lipinski definition) is 2. The lowest BCUT2D eigenvalue weighted by Crippen LogP contribution is -2.42. The molecule has 0 saturated carbocycles. The van der Waals surface area contributed by atoms with Crippen molar-refractivity contribution in [2.45, 2.75) is 18.6 Å². The fourth-order valence-corrected chi connectivity index (χ4v) is 3.64. The van der Waals surface area contributed by atoms with E-state index >= 15 is 0 Å². The molecule has 9 nitrogen and oxygen atoms in total. The van der Waals surface area contributed by atoms with Gasteiger partial charge in [0, 0.05) is 24.7 Å². The highest BCUT2D eigenvalue weighted by Gasteiger charge is 2.38. The summed E-state index contributed by atoms with van der Waals surface area (Å²) < 4.78 is 10.3. The smallest absolute Gasteiger partial charge is 0.247 e. The second-order valence-electron chi connectivity index (χ2n) is 7.16. The third-order valence-electron chi connectivity index (χ3n) is 5.00. The Labute approximate surface area is 183 Å². The number of amides is 2. The SMILES string of the molecule is O=C(Nc1ccc(N2CCOCO2)cc1)[C@H]1C[C@@H](O)CN1C(=O)/C=C/c1ccc(Cl)o1. The van der Waals surface area contributed by atoms with Crippen molar-refractivity contribution in [1.29, 1.82) is 0 Å². The molecule has 2 atom stereocenters. The van der Waals surface area contributed by atoms with Crippen LogP contribution in [0.25, 0.3) is 6.08 Å². The number of likely N-dealkylation sites (tertiary alicyclic amines) is 1. The van der Waals surface area contributed by atoms with Crippen LogP contribution in [0.1, 0.15) is 12.2 Å². The molecule has 0 bridgehead atoms. The first-order valence-electron chi connectivity index (χ1n) is 9.81. The molecular formula is C21H22ClN3O6. The summed E-state index contributed by atoms with van der Waals surface area (Å²) >= 11 is 5.72. The summed E-state index contributed by atoms with van der Waals surface area (Å²) in [5, 5.41) is 14.8. The standard InChI is InChI=1S/C21H22ClN3O6/c22-19-7-5-17(31-19)6-8-20(27)24-12-16(26)11-18(24)21(28)23-14-1-3-15(4-2-14)25-9-10-29-13-30-25/h1-8,16,18,26H,9-13H2,(H,23,28)/b8-6+/t16-,18-/m1/s1. The molecule has 1 aromatic heterocycles.